The molecular formula is C21H28N6O. The van der Waals surface area contributed by atoms with E-state index in [2.05, 4.69) is 69.5 Å². The lowest BCUT2D eigenvalue weighted by Crippen LogP contribution is -2.48. The molecule has 0 bridgehead atoms. The van der Waals surface area contributed by atoms with Crippen molar-refractivity contribution in [2.75, 3.05) is 26.2 Å². The molecule has 0 saturated carbocycles. The number of piperazine rings is 1. The third-order valence-corrected chi connectivity index (χ3v) is 5.39. The SMILES string of the molecule is CC(C)C(c1nnnn1Cc1ccco1)N1CCN(Cc2ccccc2)CC1. The number of benzene rings is 1. The van der Waals surface area contributed by atoms with Crippen molar-refractivity contribution in [1.29, 1.82) is 0 Å². The first-order valence-corrected chi connectivity index (χ1v) is 9.99. The van der Waals surface area contributed by atoms with Crippen molar-refractivity contribution in [2.45, 2.75) is 33.0 Å². The highest BCUT2D eigenvalue weighted by Gasteiger charge is 2.31. The van der Waals surface area contributed by atoms with Crippen LogP contribution in [-0.2, 0) is 13.1 Å². The van der Waals surface area contributed by atoms with Crippen LogP contribution in [0.4, 0.5) is 0 Å². The van der Waals surface area contributed by atoms with Gasteiger partial charge in [-0.3, -0.25) is 9.80 Å². The smallest absolute Gasteiger partial charge is 0.169 e. The van der Waals surface area contributed by atoms with E-state index < -0.39 is 0 Å². The molecule has 3 heterocycles. The van der Waals surface area contributed by atoms with Crippen LogP contribution in [0.5, 0.6) is 0 Å². The highest BCUT2D eigenvalue weighted by molar-refractivity contribution is 5.14. The molecule has 1 aliphatic heterocycles. The van der Waals surface area contributed by atoms with E-state index in [0.717, 1.165) is 44.3 Å². The van der Waals surface area contributed by atoms with Gasteiger partial charge in [-0.2, -0.15) is 0 Å². The van der Waals surface area contributed by atoms with Crippen molar-refractivity contribution in [2.24, 2.45) is 5.92 Å². The maximum atomic E-state index is 5.48. The van der Waals surface area contributed by atoms with Crippen LogP contribution < -0.4 is 0 Å². The van der Waals surface area contributed by atoms with E-state index in [1.807, 2.05) is 16.8 Å². The first-order chi connectivity index (χ1) is 13.7. The van der Waals surface area contributed by atoms with Crippen LogP contribution in [0.25, 0.3) is 0 Å². The first kappa shape index (κ1) is 18.8. The summed E-state index contributed by atoms with van der Waals surface area (Å²) < 4.78 is 7.36. The van der Waals surface area contributed by atoms with Crippen molar-refractivity contribution in [3.8, 4) is 0 Å². The van der Waals surface area contributed by atoms with E-state index in [1.165, 1.54) is 5.56 Å². The van der Waals surface area contributed by atoms with Gasteiger partial charge in [0.1, 0.15) is 12.3 Å². The topological polar surface area (TPSA) is 63.2 Å². The molecule has 1 unspecified atom stereocenters. The van der Waals surface area contributed by atoms with Crippen LogP contribution in [0, 0.1) is 5.92 Å². The maximum Gasteiger partial charge on any atom is 0.169 e. The monoisotopic (exact) mass is 380 g/mol. The van der Waals surface area contributed by atoms with E-state index in [1.54, 1.807) is 6.26 Å². The summed E-state index contributed by atoms with van der Waals surface area (Å²) in [7, 11) is 0. The lowest BCUT2D eigenvalue weighted by atomic mass is 10.0. The summed E-state index contributed by atoms with van der Waals surface area (Å²) in [5.41, 5.74) is 1.37. The molecule has 1 aliphatic rings. The molecule has 1 fully saturated rings. The van der Waals surface area contributed by atoms with E-state index >= 15 is 0 Å². The third-order valence-electron chi connectivity index (χ3n) is 5.39. The van der Waals surface area contributed by atoms with Gasteiger partial charge in [-0.05, 0) is 34.0 Å². The minimum atomic E-state index is 0.198. The minimum Gasteiger partial charge on any atom is -0.467 e. The standard InChI is InChI=1S/C21H28N6O/c1-17(2)20(21-22-23-24-27(21)16-19-9-6-14-28-19)26-12-10-25(11-13-26)15-18-7-4-3-5-8-18/h3-9,14,17,20H,10-13,15-16H2,1-2H3. The Balaban J connectivity index is 1.43. The average Bonchev–Trinajstić information content (AvgIpc) is 3.37. The van der Waals surface area contributed by atoms with Crippen molar-refractivity contribution in [1.82, 2.24) is 30.0 Å². The van der Waals surface area contributed by atoms with E-state index in [-0.39, 0.29) is 6.04 Å². The second-order valence-corrected chi connectivity index (χ2v) is 7.76. The average molecular weight is 380 g/mol. The van der Waals surface area contributed by atoms with Crippen LogP contribution in [0.3, 0.4) is 0 Å². The molecular weight excluding hydrogens is 352 g/mol. The van der Waals surface area contributed by atoms with Crippen LogP contribution in [0.15, 0.2) is 53.1 Å². The highest BCUT2D eigenvalue weighted by Crippen LogP contribution is 2.28. The first-order valence-electron chi connectivity index (χ1n) is 9.99. The zero-order chi connectivity index (χ0) is 19.3. The fourth-order valence-electron chi connectivity index (χ4n) is 4.01. The van der Waals surface area contributed by atoms with E-state index in [0.29, 0.717) is 12.5 Å². The molecule has 3 aromatic rings. The molecule has 0 spiro atoms. The number of furan rings is 1. The maximum absolute atomic E-state index is 5.48. The molecule has 2 aromatic heterocycles. The number of hydrogen-bond acceptors (Lipinski definition) is 6. The van der Waals surface area contributed by atoms with Gasteiger partial charge in [0, 0.05) is 32.7 Å². The van der Waals surface area contributed by atoms with Crippen molar-refractivity contribution in [3.05, 3.63) is 65.9 Å². The van der Waals surface area contributed by atoms with Crippen LogP contribution in [-0.4, -0.2) is 56.2 Å². The number of hydrogen-bond donors (Lipinski definition) is 0. The van der Waals surface area contributed by atoms with Gasteiger partial charge < -0.3 is 4.42 Å². The van der Waals surface area contributed by atoms with Gasteiger partial charge in [-0.15, -0.1) is 5.10 Å². The number of aromatic nitrogens is 4. The van der Waals surface area contributed by atoms with Crippen LogP contribution in [0.2, 0.25) is 0 Å². The zero-order valence-corrected chi connectivity index (χ0v) is 16.6. The molecule has 0 aliphatic carbocycles. The van der Waals surface area contributed by atoms with Crippen molar-refractivity contribution >= 4 is 0 Å². The highest BCUT2D eigenvalue weighted by atomic mass is 16.3. The Morgan fingerprint density at radius 2 is 1.75 bits per heavy atom. The summed E-state index contributed by atoms with van der Waals surface area (Å²) in [5.74, 6) is 2.20. The lowest BCUT2D eigenvalue weighted by Gasteiger charge is -2.40. The molecule has 4 rings (SSSR count). The third kappa shape index (κ3) is 4.31. The predicted octanol–water partition coefficient (Wildman–Crippen LogP) is 2.83. The molecule has 7 heteroatoms. The van der Waals surface area contributed by atoms with Crippen molar-refractivity contribution < 1.29 is 4.42 Å². The Morgan fingerprint density at radius 1 is 0.964 bits per heavy atom. The molecule has 1 saturated heterocycles. The van der Waals surface area contributed by atoms with E-state index in [4.69, 9.17) is 4.42 Å². The summed E-state index contributed by atoms with van der Waals surface area (Å²) in [5, 5.41) is 12.6. The molecule has 1 aromatic carbocycles. The Bertz CT molecular complexity index is 837. The van der Waals surface area contributed by atoms with Gasteiger partial charge in [0.05, 0.1) is 12.3 Å². The van der Waals surface area contributed by atoms with Gasteiger partial charge >= 0.3 is 0 Å². The van der Waals surface area contributed by atoms with Gasteiger partial charge in [0.15, 0.2) is 5.82 Å². The van der Waals surface area contributed by atoms with Crippen LogP contribution in [0.1, 0.15) is 37.0 Å². The second-order valence-electron chi connectivity index (χ2n) is 7.76. The predicted molar refractivity (Wildman–Crippen MR) is 106 cm³/mol. The van der Waals surface area contributed by atoms with Gasteiger partial charge in [-0.25, -0.2) is 4.68 Å². The quantitative estimate of drug-likeness (QED) is 0.628. The lowest BCUT2D eigenvalue weighted by molar-refractivity contribution is 0.0663. The molecule has 148 valence electrons. The summed E-state index contributed by atoms with van der Waals surface area (Å²) in [6.45, 7) is 10.2. The summed E-state index contributed by atoms with van der Waals surface area (Å²) in [6, 6.07) is 14.7. The normalized spacial score (nSPS) is 17.2. The van der Waals surface area contributed by atoms with Gasteiger partial charge in [-0.1, -0.05) is 44.2 Å². The summed E-state index contributed by atoms with van der Waals surface area (Å²) in [4.78, 5) is 5.05. The Morgan fingerprint density at radius 3 is 2.43 bits per heavy atom. The number of rotatable bonds is 7. The summed E-state index contributed by atoms with van der Waals surface area (Å²) in [6.07, 6.45) is 1.69. The molecule has 1 atom stereocenters. The Hall–Kier alpha value is -2.51. The summed E-state index contributed by atoms with van der Waals surface area (Å²) >= 11 is 0. The fourth-order valence-corrected chi connectivity index (χ4v) is 4.01. The fraction of sp³-hybridized carbons (Fsp3) is 0.476. The largest absolute Gasteiger partial charge is 0.467 e. The second kappa shape index (κ2) is 8.67. The molecule has 0 N–H and O–H groups in total. The van der Waals surface area contributed by atoms with Crippen LogP contribution >= 0.6 is 0 Å². The van der Waals surface area contributed by atoms with Crippen molar-refractivity contribution in [3.63, 3.8) is 0 Å². The van der Waals surface area contributed by atoms with Gasteiger partial charge in [0.25, 0.3) is 0 Å². The minimum absolute atomic E-state index is 0.198. The van der Waals surface area contributed by atoms with Gasteiger partial charge in [0.2, 0.25) is 0 Å². The zero-order valence-electron chi connectivity index (χ0n) is 16.6. The molecule has 7 nitrogen and oxygen atoms in total. The Kier molecular flexibility index (Phi) is 5.83. The molecule has 0 amide bonds. The Labute approximate surface area is 165 Å². The van der Waals surface area contributed by atoms with E-state index in [9.17, 15) is 0 Å². The number of nitrogens with zero attached hydrogens (tertiary/aromatic N) is 6. The molecule has 0 radical (unpaired) electrons. The number of tetrazole rings is 1. The molecule has 28 heavy (non-hydrogen) atoms.